The first-order valence-electron chi connectivity index (χ1n) is 5.18. The Balaban J connectivity index is 2.81. The quantitative estimate of drug-likeness (QED) is 0.764. The Morgan fingerprint density at radius 1 is 1.07 bits per heavy atom. The van der Waals surface area contributed by atoms with Gasteiger partial charge in [0.05, 0.1) is 17.4 Å². The Hall–Kier alpha value is -1.57. The van der Waals surface area contributed by atoms with E-state index in [0.29, 0.717) is 0 Å². The van der Waals surface area contributed by atoms with Crippen LogP contribution in [0.1, 0.15) is 16.7 Å². The smallest absolute Gasteiger partial charge is 0.0709 e. The second kappa shape index (κ2) is 3.54. The normalized spacial score (nSPS) is 10.7. The number of nitrogens with zero attached hydrogens (tertiary/aromatic N) is 1. The molecule has 1 N–H and O–H groups in total. The maximum atomic E-state index is 4.45. The zero-order valence-electron chi connectivity index (χ0n) is 9.68. The molecule has 2 rings (SSSR count). The van der Waals surface area contributed by atoms with Gasteiger partial charge in [-0.2, -0.15) is 0 Å². The van der Waals surface area contributed by atoms with Crippen molar-refractivity contribution in [1.82, 2.24) is 4.98 Å². The Morgan fingerprint density at radius 2 is 1.73 bits per heavy atom. The van der Waals surface area contributed by atoms with Crippen molar-refractivity contribution in [3.8, 4) is 0 Å². The molecule has 0 aliphatic rings. The summed E-state index contributed by atoms with van der Waals surface area (Å²) in [6.07, 6.45) is 1.90. The molecule has 0 radical (unpaired) electrons. The summed E-state index contributed by atoms with van der Waals surface area (Å²) in [4.78, 5) is 4.45. The van der Waals surface area contributed by atoms with Gasteiger partial charge in [0.1, 0.15) is 0 Å². The highest BCUT2D eigenvalue weighted by molar-refractivity contribution is 5.87. The van der Waals surface area contributed by atoms with Crippen molar-refractivity contribution in [2.24, 2.45) is 0 Å². The molecule has 15 heavy (non-hydrogen) atoms. The lowest BCUT2D eigenvalue weighted by Gasteiger charge is -2.10. The fourth-order valence-corrected chi connectivity index (χ4v) is 1.84. The first-order valence-corrected chi connectivity index (χ1v) is 5.18. The molecule has 78 valence electrons. The molecule has 2 heteroatoms. The van der Waals surface area contributed by atoms with Crippen LogP contribution in [0.4, 0.5) is 5.69 Å². The summed E-state index contributed by atoms with van der Waals surface area (Å²) < 4.78 is 0. The van der Waals surface area contributed by atoms with Gasteiger partial charge in [-0.15, -0.1) is 0 Å². The van der Waals surface area contributed by atoms with Crippen LogP contribution < -0.4 is 5.32 Å². The molecule has 0 aliphatic heterocycles. The van der Waals surface area contributed by atoms with E-state index in [-0.39, 0.29) is 0 Å². The summed E-state index contributed by atoms with van der Waals surface area (Å²) in [5, 5.41) is 4.40. The van der Waals surface area contributed by atoms with Crippen LogP contribution in [0.3, 0.4) is 0 Å². The average Bonchev–Trinajstić information content (AvgIpc) is 2.22. The molecule has 0 atom stereocenters. The SMILES string of the molecule is CNc1cnc2cc(C)c(C)cc2c1C. The molecule has 1 aromatic carbocycles. The van der Waals surface area contributed by atoms with Gasteiger partial charge in [-0.1, -0.05) is 0 Å². The molecule has 0 bridgehead atoms. The molecule has 0 amide bonds. The van der Waals surface area contributed by atoms with Gasteiger partial charge in [0.25, 0.3) is 0 Å². The average molecular weight is 200 g/mol. The largest absolute Gasteiger partial charge is 0.387 e. The summed E-state index contributed by atoms with van der Waals surface area (Å²) >= 11 is 0. The molecule has 0 unspecified atom stereocenters. The fourth-order valence-electron chi connectivity index (χ4n) is 1.84. The Kier molecular flexibility index (Phi) is 2.35. The molecule has 1 aromatic heterocycles. The number of anilines is 1. The van der Waals surface area contributed by atoms with Gasteiger partial charge >= 0.3 is 0 Å². The first-order chi connectivity index (χ1) is 7.13. The van der Waals surface area contributed by atoms with Crippen LogP contribution in [-0.2, 0) is 0 Å². The lowest BCUT2D eigenvalue weighted by molar-refractivity contribution is 1.30. The van der Waals surface area contributed by atoms with Crippen molar-refractivity contribution >= 4 is 16.6 Å². The van der Waals surface area contributed by atoms with Crippen LogP contribution in [0.25, 0.3) is 10.9 Å². The Morgan fingerprint density at radius 3 is 2.40 bits per heavy atom. The van der Waals surface area contributed by atoms with Gasteiger partial charge in [-0.05, 0) is 49.6 Å². The van der Waals surface area contributed by atoms with Crippen molar-refractivity contribution in [2.75, 3.05) is 12.4 Å². The third-order valence-electron chi connectivity index (χ3n) is 3.02. The maximum Gasteiger partial charge on any atom is 0.0709 e. The number of pyridine rings is 1. The molecule has 0 fully saturated rings. The van der Waals surface area contributed by atoms with E-state index in [9.17, 15) is 0 Å². The summed E-state index contributed by atoms with van der Waals surface area (Å²) in [6, 6.07) is 4.37. The monoisotopic (exact) mass is 200 g/mol. The van der Waals surface area contributed by atoms with Gasteiger partial charge in [0.2, 0.25) is 0 Å². The van der Waals surface area contributed by atoms with Crippen LogP contribution in [-0.4, -0.2) is 12.0 Å². The van der Waals surface area contributed by atoms with E-state index < -0.39 is 0 Å². The summed E-state index contributed by atoms with van der Waals surface area (Å²) in [5.74, 6) is 0. The van der Waals surface area contributed by atoms with Crippen LogP contribution in [0.5, 0.6) is 0 Å². The molecular formula is C13H16N2. The molecule has 2 aromatic rings. The summed E-state index contributed by atoms with van der Waals surface area (Å²) in [7, 11) is 1.93. The number of aromatic nitrogens is 1. The Bertz CT molecular complexity index is 515. The molecule has 2 nitrogen and oxygen atoms in total. The predicted octanol–water partition coefficient (Wildman–Crippen LogP) is 3.20. The van der Waals surface area contributed by atoms with E-state index in [1.54, 1.807) is 0 Å². The Labute approximate surface area is 90.3 Å². The van der Waals surface area contributed by atoms with Gasteiger partial charge < -0.3 is 5.32 Å². The summed E-state index contributed by atoms with van der Waals surface area (Å²) in [5.41, 5.74) is 6.07. The van der Waals surface area contributed by atoms with E-state index in [1.807, 2.05) is 13.2 Å². The second-order valence-corrected chi connectivity index (χ2v) is 4.00. The van der Waals surface area contributed by atoms with Crippen LogP contribution >= 0.6 is 0 Å². The third kappa shape index (κ3) is 1.56. The number of hydrogen-bond donors (Lipinski definition) is 1. The second-order valence-electron chi connectivity index (χ2n) is 4.00. The molecular weight excluding hydrogens is 184 g/mol. The number of benzene rings is 1. The third-order valence-corrected chi connectivity index (χ3v) is 3.02. The lowest BCUT2D eigenvalue weighted by atomic mass is 10.0. The van der Waals surface area contributed by atoms with Crippen molar-refractivity contribution in [3.05, 3.63) is 35.0 Å². The zero-order chi connectivity index (χ0) is 11.0. The first kappa shape index (κ1) is 9.97. The number of hydrogen-bond acceptors (Lipinski definition) is 2. The van der Waals surface area contributed by atoms with Gasteiger partial charge in [-0.3, -0.25) is 4.98 Å². The number of fused-ring (bicyclic) bond motifs is 1. The van der Waals surface area contributed by atoms with Gasteiger partial charge in [-0.25, -0.2) is 0 Å². The zero-order valence-corrected chi connectivity index (χ0v) is 9.68. The van der Waals surface area contributed by atoms with Crippen molar-refractivity contribution in [1.29, 1.82) is 0 Å². The lowest BCUT2D eigenvalue weighted by Crippen LogP contribution is -1.95. The highest BCUT2D eigenvalue weighted by atomic mass is 14.8. The molecule has 0 aliphatic carbocycles. The highest BCUT2D eigenvalue weighted by Crippen LogP contribution is 2.25. The summed E-state index contributed by atoms with van der Waals surface area (Å²) in [6.45, 7) is 6.39. The minimum absolute atomic E-state index is 1.08. The van der Waals surface area contributed by atoms with Crippen LogP contribution in [0.15, 0.2) is 18.3 Å². The van der Waals surface area contributed by atoms with Crippen molar-refractivity contribution < 1.29 is 0 Å². The fraction of sp³-hybridized carbons (Fsp3) is 0.308. The van der Waals surface area contributed by atoms with E-state index in [0.717, 1.165) is 11.2 Å². The van der Waals surface area contributed by atoms with Crippen molar-refractivity contribution in [3.63, 3.8) is 0 Å². The van der Waals surface area contributed by atoms with E-state index >= 15 is 0 Å². The molecule has 0 saturated carbocycles. The number of rotatable bonds is 1. The number of aryl methyl sites for hydroxylation is 3. The van der Waals surface area contributed by atoms with Crippen molar-refractivity contribution in [2.45, 2.75) is 20.8 Å². The van der Waals surface area contributed by atoms with E-state index in [4.69, 9.17) is 0 Å². The highest BCUT2D eigenvalue weighted by Gasteiger charge is 2.05. The minimum Gasteiger partial charge on any atom is -0.387 e. The minimum atomic E-state index is 1.08. The molecule has 1 heterocycles. The topological polar surface area (TPSA) is 24.9 Å². The maximum absolute atomic E-state index is 4.45. The van der Waals surface area contributed by atoms with Crippen LogP contribution in [0.2, 0.25) is 0 Å². The van der Waals surface area contributed by atoms with Gasteiger partial charge in [0, 0.05) is 12.4 Å². The molecule has 0 spiro atoms. The van der Waals surface area contributed by atoms with Crippen LogP contribution in [0, 0.1) is 20.8 Å². The predicted molar refractivity (Wildman–Crippen MR) is 65.5 cm³/mol. The van der Waals surface area contributed by atoms with E-state index in [1.165, 1.54) is 22.1 Å². The van der Waals surface area contributed by atoms with E-state index in [2.05, 4.69) is 43.2 Å². The molecule has 0 saturated heterocycles. The standard InChI is InChI=1S/C13H16N2/c1-8-5-11-10(3)13(14-4)7-15-12(11)6-9(8)2/h5-7,14H,1-4H3. The van der Waals surface area contributed by atoms with Gasteiger partial charge in [0.15, 0.2) is 0 Å². The number of nitrogens with one attached hydrogen (secondary N) is 1.